The molecule has 0 radical (unpaired) electrons. The van der Waals surface area contributed by atoms with E-state index in [1.54, 1.807) is 6.20 Å². The molecule has 110 valence electrons. The molecule has 0 saturated carbocycles. The summed E-state index contributed by atoms with van der Waals surface area (Å²) < 4.78 is 1.92. The van der Waals surface area contributed by atoms with Gasteiger partial charge in [-0.1, -0.05) is 40.5 Å². The summed E-state index contributed by atoms with van der Waals surface area (Å²) >= 11 is 0. The normalized spacial score (nSPS) is 13.7. The van der Waals surface area contributed by atoms with Crippen LogP contribution in [0.3, 0.4) is 0 Å². The number of hydrogen-bond donors (Lipinski definition) is 1. The summed E-state index contributed by atoms with van der Waals surface area (Å²) in [7, 11) is 0. The Morgan fingerprint density at radius 3 is 2.75 bits per heavy atom. The Morgan fingerprint density at radius 1 is 1.35 bits per heavy atom. The second-order valence-corrected chi connectivity index (χ2v) is 6.57. The van der Waals surface area contributed by atoms with Gasteiger partial charge in [0.25, 0.3) is 0 Å². The van der Waals surface area contributed by atoms with E-state index in [0.717, 1.165) is 17.0 Å². The highest BCUT2D eigenvalue weighted by atomic mass is 15.2. The highest BCUT2D eigenvalue weighted by molar-refractivity contribution is 5.68. The van der Waals surface area contributed by atoms with Crippen molar-refractivity contribution >= 4 is 11.3 Å². The molecule has 0 bridgehead atoms. The molecule has 20 heavy (non-hydrogen) atoms. The van der Waals surface area contributed by atoms with Crippen molar-refractivity contribution in [2.24, 2.45) is 0 Å². The minimum absolute atomic E-state index is 0.0527. The van der Waals surface area contributed by atoms with E-state index in [1.165, 1.54) is 19.3 Å². The summed E-state index contributed by atoms with van der Waals surface area (Å²) in [4.78, 5) is 4.48. The first-order chi connectivity index (χ1) is 9.41. The predicted molar refractivity (Wildman–Crippen MR) is 84.3 cm³/mol. The third-order valence-electron chi connectivity index (χ3n) is 3.53. The number of fused-ring (bicyclic) bond motifs is 1. The lowest BCUT2D eigenvalue weighted by atomic mass is 9.92. The molecule has 0 aliphatic heterocycles. The van der Waals surface area contributed by atoms with Gasteiger partial charge in [0, 0.05) is 23.9 Å². The van der Waals surface area contributed by atoms with Crippen molar-refractivity contribution in [3.05, 3.63) is 24.2 Å². The fraction of sp³-hybridized carbons (Fsp3) is 0.625. The minimum atomic E-state index is 0.0527. The van der Waals surface area contributed by atoms with Crippen LogP contribution in [0.2, 0.25) is 0 Å². The third kappa shape index (κ3) is 3.30. The van der Waals surface area contributed by atoms with Gasteiger partial charge < -0.3 is 5.32 Å². The number of rotatable bonds is 5. The SMILES string of the molecule is CCCCC(C)Nc1nccn2nc(C(C)(C)C)cc12. The maximum Gasteiger partial charge on any atom is 0.152 e. The molecule has 0 aromatic carbocycles. The Balaban J connectivity index is 2.27. The summed E-state index contributed by atoms with van der Waals surface area (Å²) in [5.74, 6) is 0.930. The number of nitrogens with zero attached hydrogens (tertiary/aromatic N) is 3. The lowest BCUT2D eigenvalue weighted by Crippen LogP contribution is -2.16. The van der Waals surface area contributed by atoms with Gasteiger partial charge in [-0.2, -0.15) is 5.10 Å². The van der Waals surface area contributed by atoms with Crippen LogP contribution in [0.4, 0.5) is 5.82 Å². The van der Waals surface area contributed by atoms with Gasteiger partial charge in [-0.05, 0) is 19.4 Å². The largest absolute Gasteiger partial charge is 0.366 e. The standard InChI is InChI=1S/C16H26N4/c1-6-7-8-12(2)18-15-13-11-14(16(3,4)5)19-20(13)10-9-17-15/h9-12H,6-8H2,1-5H3,(H,17,18). The Bertz CT molecular complexity index is 565. The van der Waals surface area contributed by atoms with Gasteiger partial charge in [0.2, 0.25) is 0 Å². The van der Waals surface area contributed by atoms with E-state index in [2.05, 4.69) is 56.1 Å². The summed E-state index contributed by atoms with van der Waals surface area (Å²) in [5.41, 5.74) is 2.20. The van der Waals surface area contributed by atoms with Gasteiger partial charge in [0.05, 0.1) is 5.69 Å². The van der Waals surface area contributed by atoms with Crippen molar-refractivity contribution in [3.63, 3.8) is 0 Å². The van der Waals surface area contributed by atoms with Crippen LogP contribution in [0.15, 0.2) is 18.5 Å². The molecule has 1 atom stereocenters. The van der Waals surface area contributed by atoms with Crippen molar-refractivity contribution in [2.45, 2.75) is 65.3 Å². The van der Waals surface area contributed by atoms with Gasteiger partial charge >= 0.3 is 0 Å². The first kappa shape index (κ1) is 14.8. The van der Waals surface area contributed by atoms with Crippen LogP contribution in [0, 0.1) is 0 Å². The van der Waals surface area contributed by atoms with Crippen LogP contribution in [0.25, 0.3) is 5.52 Å². The van der Waals surface area contributed by atoms with Crippen LogP contribution in [0.1, 0.15) is 59.6 Å². The molecule has 0 aliphatic rings. The Labute approximate surface area is 121 Å². The van der Waals surface area contributed by atoms with Crippen LogP contribution in [-0.2, 0) is 5.41 Å². The molecule has 1 unspecified atom stereocenters. The third-order valence-corrected chi connectivity index (χ3v) is 3.53. The number of nitrogens with one attached hydrogen (secondary N) is 1. The van der Waals surface area contributed by atoms with E-state index in [9.17, 15) is 0 Å². The van der Waals surface area contributed by atoms with Crippen molar-refractivity contribution in [3.8, 4) is 0 Å². The number of aromatic nitrogens is 3. The van der Waals surface area contributed by atoms with Gasteiger partial charge in [0.15, 0.2) is 5.82 Å². The van der Waals surface area contributed by atoms with Crippen molar-refractivity contribution in [1.82, 2.24) is 14.6 Å². The monoisotopic (exact) mass is 274 g/mol. The molecule has 0 saturated heterocycles. The first-order valence-electron chi connectivity index (χ1n) is 7.53. The van der Waals surface area contributed by atoms with Crippen LogP contribution < -0.4 is 5.32 Å². The van der Waals surface area contributed by atoms with Crippen molar-refractivity contribution in [1.29, 1.82) is 0 Å². The maximum absolute atomic E-state index is 4.65. The molecule has 4 nitrogen and oxygen atoms in total. The molecule has 4 heteroatoms. The van der Waals surface area contributed by atoms with E-state index in [4.69, 9.17) is 0 Å². The van der Waals surface area contributed by atoms with Gasteiger partial charge in [0.1, 0.15) is 5.52 Å². The van der Waals surface area contributed by atoms with Gasteiger partial charge in [-0.15, -0.1) is 0 Å². The summed E-state index contributed by atoms with van der Waals surface area (Å²) in [6, 6.07) is 2.57. The van der Waals surface area contributed by atoms with E-state index in [0.29, 0.717) is 6.04 Å². The van der Waals surface area contributed by atoms with E-state index in [-0.39, 0.29) is 5.41 Å². The van der Waals surface area contributed by atoms with Crippen LogP contribution >= 0.6 is 0 Å². The number of hydrogen-bond acceptors (Lipinski definition) is 3. The van der Waals surface area contributed by atoms with Crippen LogP contribution in [0.5, 0.6) is 0 Å². The predicted octanol–water partition coefficient (Wildman–Crippen LogP) is 4.02. The van der Waals surface area contributed by atoms with Crippen molar-refractivity contribution < 1.29 is 0 Å². The van der Waals surface area contributed by atoms with Gasteiger partial charge in [-0.25, -0.2) is 9.50 Å². The quantitative estimate of drug-likeness (QED) is 0.895. The van der Waals surface area contributed by atoms with E-state index >= 15 is 0 Å². The molecular weight excluding hydrogens is 248 g/mol. The summed E-state index contributed by atoms with van der Waals surface area (Å²) in [6.45, 7) is 11.0. The van der Waals surface area contributed by atoms with Gasteiger partial charge in [-0.3, -0.25) is 0 Å². The highest BCUT2D eigenvalue weighted by Crippen LogP contribution is 2.25. The fourth-order valence-electron chi connectivity index (χ4n) is 2.22. The number of unbranched alkanes of at least 4 members (excludes halogenated alkanes) is 1. The first-order valence-corrected chi connectivity index (χ1v) is 7.53. The molecule has 0 fully saturated rings. The van der Waals surface area contributed by atoms with Crippen LogP contribution in [-0.4, -0.2) is 20.6 Å². The fourth-order valence-corrected chi connectivity index (χ4v) is 2.22. The molecule has 2 rings (SSSR count). The van der Waals surface area contributed by atoms with E-state index < -0.39 is 0 Å². The Kier molecular flexibility index (Phi) is 4.31. The molecule has 0 aliphatic carbocycles. The highest BCUT2D eigenvalue weighted by Gasteiger charge is 2.19. The zero-order chi connectivity index (χ0) is 14.8. The molecule has 2 aromatic rings. The number of anilines is 1. The molecule has 1 N–H and O–H groups in total. The molecule has 0 amide bonds. The average Bonchev–Trinajstić information content (AvgIpc) is 2.81. The summed E-state index contributed by atoms with van der Waals surface area (Å²) in [5, 5.41) is 8.16. The smallest absolute Gasteiger partial charge is 0.152 e. The minimum Gasteiger partial charge on any atom is -0.366 e. The zero-order valence-corrected chi connectivity index (χ0v) is 13.3. The molecule has 2 aromatic heterocycles. The summed E-state index contributed by atoms with van der Waals surface area (Å²) in [6.07, 6.45) is 7.35. The lowest BCUT2D eigenvalue weighted by molar-refractivity contribution is 0.562. The maximum atomic E-state index is 4.65. The molecule has 0 spiro atoms. The Morgan fingerprint density at radius 2 is 2.10 bits per heavy atom. The zero-order valence-electron chi connectivity index (χ0n) is 13.3. The average molecular weight is 274 g/mol. The molecular formula is C16H26N4. The lowest BCUT2D eigenvalue weighted by Gasteiger charge is -2.14. The molecule has 2 heterocycles. The second-order valence-electron chi connectivity index (χ2n) is 6.57. The second kappa shape index (κ2) is 5.81. The van der Waals surface area contributed by atoms with E-state index in [1.807, 2.05) is 10.7 Å². The van der Waals surface area contributed by atoms with Crippen molar-refractivity contribution in [2.75, 3.05) is 5.32 Å². The Hall–Kier alpha value is -1.58. The topological polar surface area (TPSA) is 42.2 Å².